The Bertz CT molecular complexity index is 471. The van der Waals surface area contributed by atoms with Gasteiger partial charge in [-0.3, -0.25) is 0 Å². The molecule has 0 aliphatic carbocycles. The maximum Gasteiger partial charge on any atom is 0.0499 e. The third-order valence-electron chi connectivity index (χ3n) is 2.56. The van der Waals surface area contributed by atoms with Crippen LogP contribution >= 0.6 is 0 Å². The molecule has 0 amide bonds. The molecule has 1 aromatic carbocycles. The van der Waals surface area contributed by atoms with Crippen molar-refractivity contribution in [2.45, 2.75) is 0 Å². The summed E-state index contributed by atoms with van der Waals surface area (Å²) >= 11 is 0. The van der Waals surface area contributed by atoms with E-state index in [1.54, 1.807) is 0 Å². The van der Waals surface area contributed by atoms with Gasteiger partial charge in [-0.25, -0.2) is 0 Å². The summed E-state index contributed by atoms with van der Waals surface area (Å²) in [6.45, 7) is 0. The van der Waals surface area contributed by atoms with Gasteiger partial charge in [0.05, 0.1) is 0 Å². The molecule has 0 saturated carbocycles. The first-order chi connectivity index (χ1) is 7.22. The Morgan fingerprint density at radius 2 is 2.07 bits per heavy atom. The van der Waals surface area contributed by atoms with Crippen LogP contribution in [0.3, 0.4) is 0 Å². The third-order valence-corrected chi connectivity index (χ3v) is 2.56. The van der Waals surface area contributed by atoms with Crippen LogP contribution in [0.15, 0.2) is 36.5 Å². The van der Waals surface area contributed by atoms with E-state index in [9.17, 15) is 0 Å². The average molecular weight is 201 g/mol. The second-order valence-corrected chi connectivity index (χ2v) is 3.56. The molecule has 0 radical (unpaired) electrons. The lowest BCUT2D eigenvalue weighted by molar-refractivity contribution is 0.937. The highest BCUT2D eigenvalue weighted by Crippen LogP contribution is 2.28. The number of hydrogen-bond donors (Lipinski definition) is 2. The third kappa shape index (κ3) is 1.68. The van der Waals surface area contributed by atoms with Gasteiger partial charge >= 0.3 is 0 Å². The lowest BCUT2D eigenvalue weighted by Crippen LogP contribution is -1.96. The fraction of sp³-hybridized carbons (Fsp3) is 0.167. The van der Waals surface area contributed by atoms with Crippen molar-refractivity contribution in [2.75, 3.05) is 18.1 Å². The summed E-state index contributed by atoms with van der Waals surface area (Å²) in [6, 6.07) is 10.0. The largest absolute Gasteiger partial charge is 0.398 e. The quantitative estimate of drug-likeness (QED) is 0.732. The van der Waals surface area contributed by atoms with Gasteiger partial charge in [-0.1, -0.05) is 0 Å². The highest BCUT2D eigenvalue weighted by atomic mass is 14.9. The summed E-state index contributed by atoms with van der Waals surface area (Å²) in [4.78, 5) is 0. The summed E-state index contributed by atoms with van der Waals surface area (Å²) < 4.78 is 2.06. The Morgan fingerprint density at radius 3 is 2.67 bits per heavy atom. The number of nitrogen functional groups attached to an aromatic ring is 1. The highest BCUT2D eigenvalue weighted by molar-refractivity contribution is 5.77. The van der Waals surface area contributed by atoms with E-state index in [2.05, 4.69) is 22.0 Å². The summed E-state index contributed by atoms with van der Waals surface area (Å²) in [6.07, 6.45) is 2.01. The molecule has 3 N–H and O–H groups in total. The van der Waals surface area contributed by atoms with Crippen molar-refractivity contribution in [3.8, 4) is 11.3 Å². The molecule has 0 unspecified atom stereocenters. The molecule has 1 heterocycles. The zero-order chi connectivity index (χ0) is 10.8. The number of nitrogens with two attached hydrogens (primary N) is 1. The van der Waals surface area contributed by atoms with Gasteiger partial charge in [0.25, 0.3) is 0 Å². The van der Waals surface area contributed by atoms with E-state index in [0.717, 1.165) is 22.6 Å². The second-order valence-electron chi connectivity index (χ2n) is 3.56. The van der Waals surface area contributed by atoms with Crippen LogP contribution in [0, 0.1) is 0 Å². The van der Waals surface area contributed by atoms with Crippen LogP contribution in [0.4, 0.5) is 11.4 Å². The molecule has 0 atom stereocenters. The fourth-order valence-corrected chi connectivity index (χ4v) is 1.67. The number of nitrogens with one attached hydrogen (secondary N) is 1. The Hall–Kier alpha value is -1.90. The summed E-state index contributed by atoms with van der Waals surface area (Å²) in [5.74, 6) is 0. The van der Waals surface area contributed by atoms with Crippen molar-refractivity contribution in [1.29, 1.82) is 0 Å². The van der Waals surface area contributed by atoms with Gasteiger partial charge in [0.2, 0.25) is 0 Å². The predicted octanol–water partition coefficient (Wildman–Crippen LogP) is 2.32. The van der Waals surface area contributed by atoms with Gasteiger partial charge in [0.1, 0.15) is 0 Å². The minimum absolute atomic E-state index is 0.802. The normalized spacial score (nSPS) is 10.3. The number of aryl methyl sites for hydroxylation is 1. The number of benzene rings is 1. The standard InChI is InChI=1S/C12H15N3/c1-14-9-5-6-11(13)10(8-9)12-4-3-7-15(12)2/h3-8,14H,13H2,1-2H3. The minimum Gasteiger partial charge on any atom is -0.398 e. The van der Waals surface area contributed by atoms with Crippen molar-refractivity contribution in [2.24, 2.45) is 7.05 Å². The smallest absolute Gasteiger partial charge is 0.0499 e. The fourth-order valence-electron chi connectivity index (χ4n) is 1.67. The topological polar surface area (TPSA) is 43.0 Å². The maximum atomic E-state index is 5.96. The molecular formula is C12H15N3. The predicted molar refractivity (Wildman–Crippen MR) is 64.8 cm³/mol. The van der Waals surface area contributed by atoms with Crippen LogP contribution in [-0.4, -0.2) is 11.6 Å². The molecule has 0 bridgehead atoms. The van der Waals surface area contributed by atoms with Gasteiger partial charge in [-0.2, -0.15) is 0 Å². The van der Waals surface area contributed by atoms with E-state index >= 15 is 0 Å². The van der Waals surface area contributed by atoms with E-state index in [1.807, 2.05) is 38.5 Å². The zero-order valence-corrected chi connectivity index (χ0v) is 8.99. The number of nitrogens with zero attached hydrogens (tertiary/aromatic N) is 1. The molecule has 0 spiro atoms. The Labute approximate surface area is 89.5 Å². The molecule has 0 aliphatic rings. The molecule has 2 rings (SSSR count). The van der Waals surface area contributed by atoms with Gasteiger partial charge in [0, 0.05) is 42.9 Å². The average Bonchev–Trinajstić information content (AvgIpc) is 2.65. The molecule has 2 aromatic rings. The molecule has 0 saturated heterocycles. The zero-order valence-electron chi connectivity index (χ0n) is 8.99. The van der Waals surface area contributed by atoms with E-state index in [1.165, 1.54) is 0 Å². The molecule has 3 heteroatoms. The van der Waals surface area contributed by atoms with Crippen molar-refractivity contribution >= 4 is 11.4 Å². The highest BCUT2D eigenvalue weighted by Gasteiger charge is 2.05. The SMILES string of the molecule is CNc1ccc(N)c(-c2cccn2C)c1. The summed E-state index contributed by atoms with van der Waals surface area (Å²) in [5.41, 5.74) is 10.0. The number of rotatable bonds is 2. The second kappa shape index (κ2) is 3.69. The van der Waals surface area contributed by atoms with Crippen molar-refractivity contribution < 1.29 is 0 Å². The van der Waals surface area contributed by atoms with Gasteiger partial charge < -0.3 is 15.6 Å². The first-order valence-electron chi connectivity index (χ1n) is 4.91. The Morgan fingerprint density at radius 1 is 1.27 bits per heavy atom. The molecule has 1 aromatic heterocycles. The van der Waals surface area contributed by atoms with Gasteiger partial charge in [-0.05, 0) is 30.3 Å². The van der Waals surface area contributed by atoms with Crippen LogP contribution in [0.1, 0.15) is 0 Å². The summed E-state index contributed by atoms with van der Waals surface area (Å²) in [7, 11) is 3.92. The van der Waals surface area contributed by atoms with Crippen molar-refractivity contribution in [3.63, 3.8) is 0 Å². The van der Waals surface area contributed by atoms with Crippen LogP contribution in [-0.2, 0) is 7.05 Å². The van der Waals surface area contributed by atoms with E-state index in [0.29, 0.717) is 0 Å². The van der Waals surface area contributed by atoms with Crippen LogP contribution in [0.25, 0.3) is 11.3 Å². The molecule has 0 aliphatic heterocycles. The monoisotopic (exact) mass is 201 g/mol. The molecular weight excluding hydrogens is 186 g/mol. The van der Waals surface area contributed by atoms with Crippen molar-refractivity contribution in [3.05, 3.63) is 36.5 Å². The lowest BCUT2D eigenvalue weighted by atomic mass is 10.1. The van der Waals surface area contributed by atoms with Crippen molar-refractivity contribution in [1.82, 2.24) is 4.57 Å². The van der Waals surface area contributed by atoms with Crippen LogP contribution < -0.4 is 11.1 Å². The Kier molecular flexibility index (Phi) is 2.37. The lowest BCUT2D eigenvalue weighted by Gasteiger charge is -2.09. The first kappa shape index (κ1) is 9.65. The minimum atomic E-state index is 0.802. The van der Waals surface area contributed by atoms with E-state index in [4.69, 9.17) is 5.73 Å². The number of hydrogen-bond acceptors (Lipinski definition) is 2. The van der Waals surface area contributed by atoms with Crippen LogP contribution in [0.5, 0.6) is 0 Å². The van der Waals surface area contributed by atoms with E-state index in [-0.39, 0.29) is 0 Å². The van der Waals surface area contributed by atoms with E-state index < -0.39 is 0 Å². The molecule has 0 fully saturated rings. The van der Waals surface area contributed by atoms with Gasteiger partial charge in [0.15, 0.2) is 0 Å². The van der Waals surface area contributed by atoms with Gasteiger partial charge in [-0.15, -0.1) is 0 Å². The Balaban J connectivity index is 2.56. The first-order valence-corrected chi connectivity index (χ1v) is 4.91. The molecule has 3 nitrogen and oxygen atoms in total. The molecule has 15 heavy (non-hydrogen) atoms. The summed E-state index contributed by atoms with van der Waals surface area (Å²) in [5, 5.41) is 3.11. The maximum absolute atomic E-state index is 5.96. The van der Waals surface area contributed by atoms with Crippen LogP contribution in [0.2, 0.25) is 0 Å². The number of aromatic nitrogens is 1. The molecule has 78 valence electrons. The number of anilines is 2.